The Bertz CT molecular complexity index is 357. The number of nitrogens with one attached hydrogen (secondary N) is 1. The third-order valence-corrected chi connectivity index (χ3v) is 2.43. The van der Waals surface area contributed by atoms with E-state index in [0.717, 1.165) is 6.42 Å². The van der Waals surface area contributed by atoms with E-state index in [9.17, 15) is 4.79 Å². The van der Waals surface area contributed by atoms with Crippen LogP contribution in [-0.4, -0.2) is 18.4 Å². The molecule has 0 bridgehead atoms. The summed E-state index contributed by atoms with van der Waals surface area (Å²) < 4.78 is 0. The molecule has 16 heavy (non-hydrogen) atoms. The lowest BCUT2D eigenvalue weighted by atomic mass is 10.0. The van der Waals surface area contributed by atoms with Gasteiger partial charge in [-0.05, 0) is 30.7 Å². The van der Waals surface area contributed by atoms with Crippen molar-refractivity contribution in [2.24, 2.45) is 0 Å². The van der Waals surface area contributed by atoms with Gasteiger partial charge in [0.1, 0.15) is 0 Å². The number of nitrogens with two attached hydrogens (primary N) is 1. The third-order valence-electron chi connectivity index (χ3n) is 2.43. The smallest absolute Gasteiger partial charge is 0.179 e. The highest BCUT2D eigenvalue weighted by Gasteiger charge is 2.16. The summed E-state index contributed by atoms with van der Waals surface area (Å²) in [6.45, 7) is 6.24. The Morgan fingerprint density at radius 3 is 2.62 bits per heavy atom. The number of rotatable bonds is 6. The van der Waals surface area contributed by atoms with Gasteiger partial charge in [-0.2, -0.15) is 0 Å². The molecule has 0 aliphatic heterocycles. The van der Waals surface area contributed by atoms with Crippen LogP contribution in [0.5, 0.6) is 0 Å². The Kier molecular flexibility index (Phi) is 4.73. The highest BCUT2D eigenvalue weighted by molar-refractivity contribution is 6.00. The number of carbonyl (C=O) groups excluding carboxylic acids is 1. The largest absolute Gasteiger partial charge is 0.399 e. The van der Waals surface area contributed by atoms with Crippen LogP contribution >= 0.6 is 0 Å². The lowest BCUT2D eigenvalue weighted by Gasteiger charge is -2.14. The van der Waals surface area contributed by atoms with E-state index in [1.54, 1.807) is 30.3 Å². The minimum absolute atomic E-state index is 0.101. The SMILES string of the molecule is C=CCNC(CC)C(=O)c1ccc(N)cc1. The third kappa shape index (κ3) is 3.21. The van der Waals surface area contributed by atoms with Crippen LogP contribution in [0, 0.1) is 0 Å². The molecule has 0 aliphatic carbocycles. The van der Waals surface area contributed by atoms with E-state index in [1.165, 1.54) is 0 Å². The van der Waals surface area contributed by atoms with Crippen molar-refractivity contribution in [1.82, 2.24) is 5.32 Å². The Morgan fingerprint density at radius 1 is 1.50 bits per heavy atom. The lowest BCUT2D eigenvalue weighted by molar-refractivity contribution is 0.0942. The van der Waals surface area contributed by atoms with Crippen LogP contribution in [0.4, 0.5) is 5.69 Å². The van der Waals surface area contributed by atoms with E-state index in [0.29, 0.717) is 17.8 Å². The molecule has 3 heteroatoms. The van der Waals surface area contributed by atoms with Crippen molar-refractivity contribution in [2.75, 3.05) is 12.3 Å². The highest BCUT2D eigenvalue weighted by atomic mass is 16.1. The number of Topliss-reactive ketones (excluding diaryl/α,β-unsaturated/α-hetero) is 1. The minimum Gasteiger partial charge on any atom is -0.399 e. The van der Waals surface area contributed by atoms with Gasteiger partial charge in [-0.3, -0.25) is 4.79 Å². The fraction of sp³-hybridized carbons (Fsp3) is 0.308. The Hall–Kier alpha value is -1.61. The molecular weight excluding hydrogens is 200 g/mol. The molecule has 0 aliphatic rings. The normalized spacial score (nSPS) is 12.1. The fourth-order valence-electron chi connectivity index (χ4n) is 1.50. The van der Waals surface area contributed by atoms with E-state index >= 15 is 0 Å². The Balaban J connectivity index is 2.74. The molecule has 0 fully saturated rings. The predicted octanol–water partition coefficient (Wildman–Crippen LogP) is 2.01. The van der Waals surface area contributed by atoms with E-state index in [-0.39, 0.29) is 11.8 Å². The standard InChI is InChI=1S/C13H18N2O/c1-3-9-15-12(4-2)13(16)10-5-7-11(14)8-6-10/h3,5-8,12,15H,1,4,9,14H2,2H3. The van der Waals surface area contributed by atoms with Crippen molar-refractivity contribution in [3.63, 3.8) is 0 Å². The van der Waals surface area contributed by atoms with E-state index in [1.807, 2.05) is 6.92 Å². The van der Waals surface area contributed by atoms with Crippen molar-refractivity contribution in [3.8, 4) is 0 Å². The number of hydrogen-bond acceptors (Lipinski definition) is 3. The first-order valence-electron chi connectivity index (χ1n) is 5.43. The summed E-state index contributed by atoms with van der Waals surface area (Å²) in [6, 6.07) is 6.86. The Morgan fingerprint density at radius 2 is 2.12 bits per heavy atom. The zero-order valence-electron chi connectivity index (χ0n) is 9.57. The maximum atomic E-state index is 12.1. The number of benzene rings is 1. The summed E-state index contributed by atoms with van der Waals surface area (Å²) in [4.78, 5) is 12.1. The summed E-state index contributed by atoms with van der Waals surface area (Å²) in [6.07, 6.45) is 2.51. The Labute approximate surface area is 96.3 Å². The molecule has 3 N–H and O–H groups in total. The lowest BCUT2D eigenvalue weighted by Crippen LogP contribution is -2.36. The monoisotopic (exact) mass is 218 g/mol. The number of anilines is 1. The van der Waals surface area contributed by atoms with Gasteiger partial charge in [-0.15, -0.1) is 6.58 Å². The summed E-state index contributed by atoms with van der Waals surface area (Å²) in [5.74, 6) is 0.101. The zero-order valence-corrected chi connectivity index (χ0v) is 9.57. The highest BCUT2D eigenvalue weighted by Crippen LogP contribution is 2.09. The second-order valence-electron chi connectivity index (χ2n) is 3.64. The van der Waals surface area contributed by atoms with Crippen molar-refractivity contribution in [2.45, 2.75) is 19.4 Å². The van der Waals surface area contributed by atoms with E-state index < -0.39 is 0 Å². The van der Waals surface area contributed by atoms with Crippen LogP contribution in [0.3, 0.4) is 0 Å². The summed E-state index contributed by atoms with van der Waals surface area (Å²) >= 11 is 0. The van der Waals surface area contributed by atoms with Crippen molar-refractivity contribution in [3.05, 3.63) is 42.5 Å². The average Bonchev–Trinajstić information content (AvgIpc) is 2.30. The molecule has 1 unspecified atom stereocenters. The average molecular weight is 218 g/mol. The summed E-state index contributed by atoms with van der Waals surface area (Å²) in [5, 5.41) is 3.13. The molecule has 0 saturated heterocycles. The van der Waals surface area contributed by atoms with Crippen LogP contribution in [0.1, 0.15) is 23.7 Å². The second kappa shape index (κ2) is 6.08. The van der Waals surface area contributed by atoms with E-state index in [2.05, 4.69) is 11.9 Å². The van der Waals surface area contributed by atoms with Gasteiger partial charge in [0.15, 0.2) is 5.78 Å². The fourth-order valence-corrected chi connectivity index (χ4v) is 1.50. The number of carbonyl (C=O) groups is 1. The summed E-state index contributed by atoms with van der Waals surface area (Å²) in [7, 11) is 0. The quantitative estimate of drug-likeness (QED) is 0.436. The van der Waals surface area contributed by atoms with Gasteiger partial charge in [-0.25, -0.2) is 0 Å². The van der Waals surface area contributed by atoms with Crippen molar-refractivity contribution >= 4 is 11.5 Å². The zero-order chi connectivity index (χ0) is 12.0. The van der Waals surface area contributed by atoms with E-state index in [4.69, 9.17) is 5.73 Å². The molecule has 0 spiro atoms. The number of ketones is 1. The second-order valence-corrected chi connectivity index (χ2v) is 3.64. The van der Waals surface area contributed by atoms with Gasteiger partial charge in [0.25, 0.3) is 0 Å². The van der Waals surface area contributed by atoms with Crippen LogP contribution in [0.2, 0.25) is 0 Å². The number of hydrogen-bond donors (Lipinski definition) is 2. The first kappa shape index (κ1) is 12.5. The molecule has 1 aromatic rings. The van der Waals surface area contributed by atoms with Gasteiger partial charge in [0.2, 0.25) is 0 Å². The maximum Gasteiger partial charge on any atom is 0.179 e. The minimum atomic E-state index is -0.151. The molecule has 0 aromatic heterocycles. The summed E-state index contributed by atoms with van der Waals surface area (Å²) in [5.41, 5.74) is 6.94. The topological polar surface area (TPSA) is 55.1 Å². The van der Waals surface area contributed by atoms with Crippen molar-refractivity contribution in [1.29, 1.82) is 0 Å². The molecule has 0 amide bonds. The first-order chi connectivity index (χ1) is 7.69. The molecular formula is C13H18N2O. The molecule has 1 rings (SSSR count). The van der Waals surface area contributed by atoms with Crippen LogP contribution < -0.4 is 11.1 Å². The molecule has 1 aromatic carbocycles. The number of nitrogen functional groups attached to an aromatic ring is 1. The molecule has 0 saturated carbocycles. The van der Waals surface area contributed by atoms with Crippen molar-refractivity contribution < 1.29 is 4.79 Å². The first-order valence-corrected chi connectivity index (χ1v) is 5.43. The van der Waals surface area contributed by atoms with Gasteiger partial charge < -0.3 is 11.1 Å². The van der Waals surface area contributed by atoms with Crippen LogP contribution in [0.15, 0.2) is 36.9 Å². The van der Waals surface area contributed by atoms with Crippen LogP contribution in [-0.2, 0) is 0 Å². The van der Waals surface area contributed by atoms with Gasteiger partial charge in [0.05, 0.1) is 6.04 Å². The van der Waals surface area contributed by atoms with Gasteiger partial charge in [-0.1, -0.05) is 13.0 Å². The predicted molar refractivity (Wildman–Crippen MR) is 67.5 cm³/mol. The molecule has 0 heterocycles. The molecule has 1 atom stereocenters. The van der Waals surface area contributed by atoms with Gasteiger partial charge >= 0.3 is 0 Å². The van der Waals surface area contributed by atoms with Gasteiger partial charge in [0, 0.05) is 17.8 Å². The molecule has 86 valence electrons. The molecule has 0 radical (unpaired) electrons. The molecule has 3 nitrogen and oxygen atoms in total. The maximum absolute atomic E-state index is 12.1. The van der Waals surface area contributed by atoms with Crippen LogP contribution in [0.25, 0.3) is 0 Å².